The summed E-state index contributed by atoms with van der Waals surface area (Å²) in [5.74, 6) is -0.853. The van der Waals surface area contributed by atoms with Gasteiger partial charge in [0.1, 0.15) is 5.83 Å². The van der Waals surface area contributed by atoms with Crippen LogP contribution in [0.3, 0.4) is 0 Å². The molecule has 2 saturated heterocycles. The number of imide groups is 1. The molecular formula is C21H22FN5O2. The largest absolute Gasteiger partial charge is 0.352 e. The van der Waals surface area contributed by atoms with Crippen LogP contribution < -0.4 is 10.2 Å². The maximum atomic E-state index is 13.9. The van der Waals surface area contributed by atoms with Gasteiger partial charge in [-0.05, 0) is 37.3 Å². The van der Waals surface area contributed by atoms with Crippen LogP contribution in [-0.2, 0) is 9.59 Å². The van der Waals surface area contributed by atoms with Crippen LogP contribution in [0.2, 0.25) is 0 Å². The summed E-state index contributed by atoms with van der Waals surface area (Å²) in [5.41, 5.74) is -0.0861. The van der Waals surface area contributed by atoms with Crippen LogP contribution in [0.15, 0.2) is 48.3 Å². The van der Waals surface area contributed by atoms with E-state index >= 15 is 0 Å². The zero-order chi connectivity index (χ0) is 20.0. The van der Waals surface area contributed by atoms with Crippen LogP contribution in [0.25, 0.3) is 10.9 Å². The minimum Gasteiger partial charge on any atom is -0.352 e. The molecule has 0 saturated carbocycles. The third kappa shape index (κ3) is 2.95. The first-order chi connectivity index (χ1) is 14.1. The molecule has 2 unspecified atom stereocenters. The highest BCUT2D eigenvalue weighted by molar-refractivity contribution is 6.09. The smallest absolute Gasteiger partial charge is 0.237 e. The van der Waals surface area contributed by atoms with Crippen molar-refractivity contribution in [1.82, 2.24) is 20.4 Å². The van der Waals surface area contributed by atoms with Gasteiger partial charge in [-0.15, -0.1) is 0 Å². The van der Waals surface area contributed by atoms with Gasteiger partial charge < -0.3 is 4.90 Å². The van der Waals surface area contributed by atoms with E-state index in [1.807, 2.05) is 18.2 Å². The van der Waals surface area contributed by atoms with Crippen molar-refractivity contribution in [2.24, 2.45) is 11.3 Å². The standard InChI is InChI=1S/C21H22FN5O2/c22-14-5-6-16-19(28)23-20(29)21(16,13-14)7-8-26-9-11-27(12-10-26)18-15-3-1-2-4-17(15)24-25-18/h1-6,13,16H,7-12H2,(H,24,25)(H,23,28,29). The molecule has 8 heteroatoms. The van der Waals surface area contributed by atoms with Gasteiger partial charge in [-0.2, -0.15) is 5.10 Å². The van der Waals surface area contributed by atoms with Gasteiger partial charge in [-0.3, -0.25) is 24.9 Å². The van der Waals surface area contributed by atoms with Crippen LogP contribution in [0.1, 0.15) is 6.42 Å². The van der Waals surface area contributed by atoms with Gasteiger partial charge >= 0.3 is 0 Å². The van der Waals surface area contributed by atoms with Crippen molar-refractivity contribution in [2.75, 3.05) is 37.6 Å². The monoisotopic (exact) mass is 395 g/mol. The molecule has 0 radical (unpaired) electrons. The number of nitrogens with zero attached hydrogens (tertiary/aromatic N) is 3. The highest BCUT2D eigenvalue weighted by Crippen LogP contribution is 2.43. The highest BCUT2D eigenvalue weighted by atomic mass is 19.1. The normalized spacial score (nSPS) is 27.3. The average molecular weight is 395 g/mol. The van der Waals surface area contributed by atoms with Crippen molar-refractivity contribution in [3.63, 3.8) is 0 Å². The Morgan fingerprint density at radius 1 is 1.17 bits per heavy atom. The molecule has 29 heavy (non-hydrogen) atoms. The molecule has 150 valence electrons. The first kappa shape index (κ1) is 18.1. The van der Waals surface area contributed by atoms with Crippen LogP contribution in [-0.4, -0.2) is 59.6 Å². The molecule has 2 aromatic rings. The third-order valence-corrected chi connectivity index (χ3v) is 6.30. The molecule has 2 fully saturated rings. The molecule has 5 rings (SSSR count). The fourth-order valence-corrected chi connectivity index (χ4v) is 4.64. The number of carbonyl (C=O) groups excluding carboxylic acids is 2. The van der Waals surface area contributed by atoms with Gasteiger partial charge in [0.25, 0.3) is 0 Å². The number of hydrogen-bond acceptors (Lipinski definition) is 5. The molecule has 0 spiro atoms. The number of benzene rings is 1. The SMILES string of the molecule is O=C1NC(=O)C2(CCN3CCN(c4n[nH]c5ccccc45)CC3)C=C(F)C=CC12. The Kier molecular flexibility index (Phi) is 4.24. The van der Waals surface area contributed by atoms with Gasteiger partial charge in [0.2, 0.25) is 11.8 Å². The summed E-state index contributed by atoms with van der Waals surface area (Å²) in [4.78, 5) is 29.1. The molecule has 3 heterocycles. The number of fused-ring (bicyclic) bond motifs is 2. The molecule has 3 aliphatic rings. The quantitative estimate of drug-likeness (QED) is 0.771. The number of aromatic nitrogens is 2. The first-order valence-corrected chi connectivity index (χ1v) is 9.89. The Hall–Kier alpha value is -3.00. The zero-order valence-corrected chi connectivity index (χ0v) is 15.9. The van der Waals surface area contributed by atoms with Crippen molar-refractivity contribution in [2.45, 2.75) is 6.42 Å². The molecule has 2 N–H and O–H groups in total. The Balaban J connectivity index is 1.25. The number of amides is 2. The maximum Gasteiger partial charge on any atom is 0.237 e. The van der Waals surface area contributed by atoms with E-state index in [4.69, 9.17) is 0 Å². The number of allylic oxidation sites excluding steroid dienone is 2. The fraction of sp³-hybridized carbons (Fsp3) is 0.381. The lowest BCUT2D eigenvalue weighted by Crippen LogP contribution is -2.48. The van der Waals surface area contributed by atoms with Crippen molar-refractivity contribution in [3.8, 4) is 0 Å². The Morgan fingerprint density at radius 3 is 2.79 bits per heavy atom. The van der Waals surface area contributed by atoms with Crippen molar-refractivity contribution in [3.05, 3.63) is 48.3 Å². The molecule has 2 aliphatic heterocycles. The molecule has 2 atom stereocenters. The number of para-hydroxylation sites is 1. The predicted molar refractivity (Wildman–Crippen MR) is 107 cm³/mol. The lowest BCUT2D eigenvalue weighted by Gasteiger charge is -2.37. The summed E-state index contributed by atoms with van der Waals surface area (Å²) in [6.07, 6.45) is 4.52. The van der Waals surface area contributed by atoms with E-state index in [-0.39, 0.29) is 5.91 Å². The second kappa shape index (κ2) is 6.81. The molecular weight excluding hydrogens is 373 g/mol. The van der Waals surface area contributed by atoms with Crippen molar-refractivity contribution in [1.29, 1.82) is 0 Å². The first-order valence-electron chi connectivity index (χ1n) is 9.89. The number of nitrogens with one attached hydrogen (secondary N) is 2. The summed E-state index contributed by atoms with van der Waals surface area (Å²) in [6, 6.07) is 8.06. The van der Waals surface area contributed by atoms with Crippen molar-refractivity contribution < 1.29 is 14.0 Å². The minimum atomic E-state index is -1.11. The molecule has 1 aromatic heterocycles. The van der Waals surface area contributed by atoms with E-state index in [0.29, 0.717) is 13.0 Å². The number of halogens is 1. The second-order valence-electron chi connectivity index (χ2n) is 7.90. The number of rotatable bonds is 4. The molecule has 1 aromatic carbocycles. The third-order valence-electron chi connectivity index (χ3n) is 6.30. The van der Waals surface area contributed by atoms with Gasteiger partial charge in [-0.25, -0.2) is 4.39 Å². The molecule has 2 amide bonds. The summed E-state index contributed by atoms with van der Waals surface area (Å²) >= 11 is 0. The molecule has 0 bridgehead atoms. The number of hydrogen-bond donors (Lipinski definition) is 2. The Morgan fingerprint density at radius 2 is 1.97 bits per heavy atom. The van der Waals surface area contributed by atoms with Gasteiger partial charge in [-0.1, -0.05) is 18.2 Å². The zero-order valence-electron chi connectivity index (χ0n) is 15.9. The Bertz CT molecular complexity index is 1040. The van der Waals surface area contributed by atoms with Gasteiger partial charge in [0.15, 0.2) is 5.82 Å². The van der Waals surface area contributed by atoms with E-state index in [2.05, 4.69) is 31.4 Å². The van der Waals surface area contributed by atoms with Crippen molar-refractivity contribution >= 4 is 28.5 Å². The molecule has 7 nitrogen and oxygen atoms in total. The van der Waals surface area contributed by atoms with Crippen LogP contribution in [0, 0.1) is 11.3 Å². The summed E-state index contributed by atoms with van der Waals surface area (Å²) < 4.78 is 13.9. The second-order valence-corrected chi connectivity index (χ2v) is 7.90. The van der Waals surface area contributed by atoms with Crippen LogP contribution in [0.4, 0.5) is 10.2 Å². The number of H-pyrrole nitrogens is 1. The van der Waals surface area contributed by atoms with Crippen LogP contribution >= 0.6 is 0 Å². The minimum absolute atomic E-state index is 0.342. The Labute approximate surface area is 167 Å². The number of piperazine rings is 1. The molecule has 1 aliphatic carbocycles. The predicted octanol–water partition coefficient (Wildman–Crippen LogP) is 1.76. The van der Waals surface area contributed by atoms with E-state index < -0.39 is 23.1 Å². The van der Waals surface area contributed by atoms with E-state index in [0.717, 1.165) is 42.9 Å². The summed E-state index contributed by atoms with van der Waals surface area (Å²) in [7, 11) is 0. The number of aromatic amines is 1. The summed E-state index contributed by atoms with van der Waals surface area (Å²) in [5, 5.41) is 11.0. The van der Waals surface area contributed by atoms with Crippen LogP contribution in [0.5, 0.6) is 0 Å². The maximum absolute atomic E-state index is 13.9. The number of carbonyl (C=O) groups is 2. The van der Waals surface area contributed by atoms with Gasteiger partial charge in [0, 0.05) is 31.6 Å². The lowest BCUT2D eigenvalue weighted by atomic mass is 9.72. The average Bonchev–Trinajstić information content (AvgIpc) is 3.26. The summed E-state index contributed by atoms with van der Waals surface area (Å²) in [6.45, 7) is 3.91. The number of anilines is 1. The highest BCUT2D eigenvalue weighted by Gasteiger charge is 2.54. The van der Waals surface area contributed by atoms with E-state index in [1.54, 1.807) is 0 Å². The van der Waals surface area contributed by atoms with E-state index in [1.165, 1.54) is 18.2 Å². The topological polar surface area (TPSA) is 81.3 Å². The lowest BCUT2D eigenvalue weighted by molar-refractivity contribution is -0.127. The van der Waals surface area contributed by atoms with E-state index in [9.17, 15) is 14.0 Å². The van der Waals surface area contributed by atoms with Gasteiger partial charge in [0.05, 0.1) is 16.8 Å². The fourth-order valence-electron chi connectivity index (χ4n) is 4.64.